The van der Waals surface area contributed by atoms with Crippen LogP contribution in [0.1, 0.15) is 18.4 Å². The minimum Gasteiger partial charge on any atom is -0.390 e. The molecule has 7 unspecified atom stereocenters. The molecule has 7 atom stereocenters. The largest absolute Gasteiger partial charge is 0.390 e. The Labute approximate surface area is 135 Å². The second kappa shape index (κ2) is 4.17. The number of anilines is 1. The Hall–Kier alpha value is -1.83. The third-order valence-electron chi connectivity index (χ3n) is 6.44. The van der Waals surface area contributed by atoms with Gasteiger partial charge in [0, 0.05) is 11.6 Å². The number of ether oxygens (including phenoxy) is 1. The Bertz CT molecular complexity index is 736. The van der Waals surface area contributed by atoms with Gasteiger partial charge in [-0.05, 0) is 37.3 Å². The highest BCUT2D eigenvalue weighted by Gasteiger charge is 2.78. The maximum Gasteiger partial charge on any atom is 0.233 e. The average Bonchev–Trinajstić information content (AvgIpc) is 3.18. The molecular weight excluding hydrogens is 290 g/mol. The fourth-order valence-electron chi connectivity index (χ4n) is 5.71. The number of terminal acetylenes is 1. The summed E-state index contributed by atoms with van der Waals surface area (Å²) in [6.07, 6.45) is 6.21. The number of hydrogen-bond donors (Lipinski definition) is 1. The summed E-state index contributed by atoms with van der Waals surface area (Å²) in [5, 5.41) is 10.5. The van der Waals surface area contributed by atoms with Crippen LogP contribution < -0.4 is 4.90 Å². The molecule has 1 N–H and O–H groups in total. The van der Waals surface area contributed by atoms with Crippen molar-refractivity contribution < 1.29 is 14.6 Å². The van der Waals surface area contributed by atoms with Crippen molar-refractivity contribution in [3.63, 3.8) is 0 Å². The molecule has 5 rings (SSSR count). The third kappa shape index (κ3) is 1.39. The standard InChI is InChI=1S/C19H19NO3/c1-3-8-19-15-13-9-12(16(21)17(13)23-19)14(15)18(22)20(19)11-6-4-10(2)5-7-11/h1,4-7,12-17,21H,8-9H2,2H3. The normalized spacial score (nSPS) is 45.8. The van der Waals surface area contributed by atoms with Crippen molar-refractivity contribution in [3.05, 3.63) is 29.8 Å². The van der Waals surface area contributed by atoms with Crippen molar-refractivity contribution in [2.75, 3.05) is 4.90 Å². The lowest BCUT2D eigenvalue weighted by atomic mass is 9.76. The van der Waals surface area contributed by atoms with E-state index in [9.17, 15) is 9.90 Å². The van der Waals surface area contributed by atoms with E-state index in [0.29, 0.717) is 6.42 Å². The highest BCUT2D eigenvalue weighted by atomic mass is 16.6. The van der Waals surface area contributed by atoms with Crippen molar-refractivity contribution in [3.8, 4) is 12.3 Å². The van der Waals surface area contributed by atoms with Crippen LogP contribution in [0, 0.1) is 42.9 Å². The van der Waals surface area contributed by atoms with Crippen LogP contribution in [0.25, 0.3) is 0 Å². The summed E-state index contributed by atoms with van der Waals surface area (Å²) >= 11 is 0. The number of aliphatic hydroxyl groups is 1. The molecule has 2 bridgehead atoms. The van der Waals surface area contributed by atoms with Gasteiger partial charge in [-0.15, -0.1) is 12.3 Å². The van der Waals surface area contributed by atoms with Crippen molar-refractivity contribution in [1.29, 1.82) is 0 Å². The van der Waals surface area contributed by atoms with Gasteiger partial charge in [0.25, 0.3) is 0 Å². The van der Waals surface area contributed by atoms with Crippen LogP contribution in [-0.4, -0.2) is 28.9 Å². The van der Waals surface area contributed by atoms with Crippen LogP contribution >= 0.6 is 0 Å². The number of hydrogen-bond acceptors (Lipinski definition) is 3. The van der Waals surface area contributed by atoms with E-state index < -0.39 is 11.8 Å². The first-order chi connectivity index (χ1) is 11.1. The minimum absolute atomic E-state index is 0.0256. The monoisotopic (exact) mass is 309 g/mol. The Morgan fingerprint density at radius 3 is 2.83 bits per heavy atom. The molecular formula is C19H19NO3. The zero-order chi connectivity index (χ0) is 15.9. The summed E-state index contributed by atoms with van der Waals surface area (Å²) in [5.74, 6) is 3.04. The van der Waals surface area contributed by atoms with Crippen molar-refractivity contribution in [2.24, 2.45) is 23.7 Å². The topological polar surface area (TPSA) is 49.8 Å². The molecule has 2 heterocycles. The van der Waals surface area contributed by atoms with Crippen molar-refractivity contribution >= 4 is 11.6 Å². The van der Waals surface area contributed by atoms with E-state index in [1.807, 2.05) is 31.2 Å². The molecule has 4 heteroatoms. The van der Waals surface area contributed by atoms with E-state index >= 15 is 0 Å². The van der Waals surface area contributed by atoms with Crippen LogP contribution in [-0.2, 0) is 9.53 Å². The molecule has 2 saturated heterocycles. The first-order valence-corrected chi connectivity index (χ1v) is 8.28. The van der Waals surface area contributed by atoms with E-state index in [1.165, 1.54) is 0 Å². The second-order valence-electron chi connectivity index (χ2n) is 7.42. The second-order valence-corrected chi connectivity index (χ2v) is 7.42. The van der Waals surface area contributed by atoms with Gasteiger partial charge < -0.3 is 9.84 Å². The molecule has 2 saturated carbocycles. The van der Waals surface area contributed by atoms with Gasteiger partial charge in [-0.3, -0.25) is 9.69 Å². The zero-order valence-electron chi connectivity index (χ0n) is 13.0. The van der Waals surface area contributed by atoms with Crippen LogP contribution in [0.3, 0.4) is 0 Å². The zero-order valence-corrected chi connectivity index (χ0v) is 13.0. The van der Waals surface area contributed by atoms with E-state index in [2.05, 4.69) is 5.92 Å². The number of fused-ring (bicyclic) bond motifs is 2. The fraction of sp³-hybridized carbons (Fsp3) is 0.526. The smallest absolute Gasteiger partial charge is 0.233 e. The Morgan fingerprint density at radius 1 is 1.39 bits per heavy atom. The van der Waals surface area contributed by atoms with E-state index in [0.717, 1.165) is 17.7 Å². The highest BCUT2D eigenvalue weighted by molar-refractivity contribution is 6.00. The summed E-state index contributed by atoms with van der Waals surface area (Å²) in [5.41, 5.74) is 1.22. The molecule has 1 aromatic rings. The van der Waals surface area contributed by atoms with Gasteiger partial charge in [0.1, 0.15) is 0 Å². The molecule has 23 heavy (non-hydrogen) atoms. The molecule has 4 fully saturated rings. The first-order valence-electron chi connectivity index (χ1n) is 8.28. The fourth-order valence-corrected chi connectivity index (χ4v) is 5.71. The minimum atomic E-state index is -0.771. The van der Waals surface area contributed by atoms with Gasteiger partial charge in [0.05, 0.1) is 24.5 Å². The summed E-state index contributed by atoms with van der Waals surface area (Å²) in [6.45, 7) is 2.02. The average molecular weight is 309 g/mol. The molecule has 0 spiro atoms. The number of nitrogens with zero attached hydrogens (tertiary/aromatic N) is 1. The molecule has 0 radical (unpaired) electrons. The number of rotatable bonds is 2. The number of aliphatic hydroxyl groups excluding tert-OH is 1. The van der Waals surface area contributed by atoms with Crippen LogP contribution in [0.2, 0.25) is 0 Å². The molecule has 1 amide bonds. The lowest BCUT2D eigenvalue weighted by Gasteiger charge is -2.38. The number of carbonyl (C=O) groups is 1. The molecule has 4 aliphatic rings. The van der Waals surface area contributed by atoms with Gasteiger partial charge in [-0.2, -0.15) is 0 Å². The van der Waals surface area contributed by atoms with Gasteiger partial charge in [-0.1, -0.05) is 17.7 Å². The maximum absolute atomic E-state index is 13.2. The molecule has 4 nitrogen and oxygen atoms in total. The number of amides is 1. The van der Waals surface area contributed by atoms with Gasteiger partial charge >= 0.3 is 0 Å². The number of carbonyl (C=O) groups excluding carboxylic acids is 1. The lowest BCUT2D eigenvalue weighted by molar-refractivity contribution is -0.132. The number of benzene rings is 1. The van der Waals surface area contributed by atoms with E-state index in [1.54, 1.807) is 4.90 Å². The maximum atomic E-state index is 13.2. The lowest BCUT2D eigenvalue weighted by Crippen LogP contribution is -2.51. The summed E-state index contributed by atoms with van der Waals surface area (Å²) in [4.78, 5) is 15.0. The SMILES string of the molecule is C#CCC12OC3C(O)C4CC3C1C4C(=O)N2c1ccc(C)cc1. The highest BCUT2D eigenvalue weighted by Crippen LogP contribution is 2.68. The number of aryl methyl sites for hydroxylation is 1. The molecule has 2 aliphatic heterocycles. The molecule has 118 valence electrons. The predicted octanol–water partition coefficient (Wildman–Crippen LogP) is 1.70. The van der Waals surface area contributed by atoms with E-state index in [4.69, 9.17) is 11.2 Å². The molecule has 0 aromatic heterocycles. The van der Waals surface area contributed by atoms with Crippen molar-refractivity contribution in [2.45, 2.75) is 37.7 Å². The van der Waals surface area contributed by atoms with Gasteiger partial charge in [0.2, 0.25) is 5.91 Å². The Kier molecular flexibility index (Phi) is 2.46. The summed E-state index contributed by atoms with van der Waals surface area (Å²) < 4.78 is 6.35. The predicted molar refractivity (Wildman–Crippen MR) is 84.3 cm³/mol. The van der Waals surface area contributed by atoms with Crippen LogP contribution in [0.4, 0.5) is 5.69 Å². The Morgan fingerprint density at radius 2 is 2.13 bits per heavy atom. The quantitative estimate of drug-likeness (QED) is 0.846. The van der Waals surface area contributed by atoms with Crippen molar-refractivity contribution in [1.82, 2.24) is 0 Å². The molecule has 1 aromatic carbocycles. The Balaban J connectivity index is 1.67. The van der Waals surface area contributed by atoms with Gasteiger partial charge in [-0.25, -0.2) is 0 Å². The first kappa shape index (κ1) is 13.6. The molecule has 2 aliphatic carbocycles. The van der Waals surface area contributed by atoms with Crippen LogP contribution in [0.15, 0.2) is 24.3 Å². The van der Waals surface area contributed by atoms with Crippen LogP contribution in [0.5, 0.6) is 0 Å². The summed E-state index contributed by atoms with van der Waals surface area (Å²) in [7, 11) is 0. The van der Waals surface area contributed by atoms with Gasteiger partial charge in [0.15, 0.2) is 5.72 Å². The summed E-state index contributed by atoms with van der Waals surface area (Å²) in [6, 6.07) is 7.93. The van der Waals surface area contributed by atoms with E-state index in [-0.39, 0.29) is 35.7 Å². The third-order valence-corrected chi connectivity index (χ3v) is 6.44.